The van der Waals surface area contributed by atoms with E-state index in [1.807, 2.05) is 0 Å². The molecule has 0 bridgehead atoms. The Morgan fingerprint density at radius 3 is 2.43 bits per heavy atom. The molecule has 1 N–H and O–H groups in total. The number of halogens is 3. The molecule has 0 radical (unpaired) electrons. The van der Waals surface area contributed by atoms with E-state index in [2.05, 4.69) is 9.97 Å². The van der Waals surface area contributed by atoms with E-state index >= 15 is 0 Å². The molecule has 0 aliphatic carbocycles. The molecule has 0 aliphatic rings. The summed E-state index contributed by atoms with van der Waals surface area (Å²) in [5.41, 5.74) is 0.178. The lowest BCUT2D eigenvalue weighted by molar-refractivity contribution is -0.137. The maximum absolute atomic E-state index is 12.5. The summed E-state index contributed by atoms with van der Waals surface area (Å²) >= 11 is 0. The normalized spacial score (nSPS) is 13.0. The van der Waals surface area contributed by atoms with E-state index in [1.54, 1.807) is 6.07 Å². The van der Waals surface area contributed by atoms with Gasteiger partial charge in [-0.15, -0.1) is 0 Å². The second-order valence-electron chi connectivity index (χ2n) is 4.39. The van der Waals surface area contributed by atoms with Crippen molar-refractivity contribution in [2.75, 3.05) is 7.11 Å². The van der Waals surface area contributed by atoms with Crippen LogP contribution in [-0.4, -0.2) is 22.2 Å². The third-order valence-electron chi connectivity index (χ3n) is 2.93. The second kappa shape index (κ2) is 6.09. The molecule has 0 amide bonds. The molecule has 1 aromatic heterocycles. The molecule has 0 fully saturated rings. The van der Waals surface area contributed by atoms with Crippen molar-refractivity contribution >= 4 is 0 Å². The van der Waals surface area contributed by atoms with E-state index in [4.69, 9.17) is 4.74 Å². The molecule has 1 aromatic carbocycles. The first-order valence-corrected chi connectivity index (χ1v) is 6.10. The number of hydrogen-bond donors (Lipinski definition) is 1. The van der Waals surface area contributed by atoms with Crippen LogP contribution in [-0.2, 0) is 12.6 Å². The van der Waals surface area contributed by atoms with Gasteiger partial charge in [-0.2, -0.15) is 13.2 Å². The number of ether oxygens (including phenoxy) is 1. The molecule has 1 atom stereocenters. The van der Waals surface area contributed by atoms with Crippen molar-refractivity contribution < 1.29 is 23.0 Å². The number of benzene rings is 1. The molecular formula is C14H13F3N2O2. The summed E-state index contributed by atoms with van der Waals surface area (Å²) in [7, 11) is 1.46. The standard InChI is InChI=1S/C14H13F3N2O2/c1-21-13-7-11(18-8-19-13)6-12(20)9-2-4-10(5-3-9)14(15,16)17/h2-5,7-8,12,20H,6H2,1H3. The van der Waals surface area contributed by atoms with Crippen LogP contribution in [0.5, 0.6) is 5.88 Å². The minimum Gasteiger partial charge on any atom is -0.481 e. The molecule has 2 aromatic rings. The highest BCUT2D eigenvalue weighted by Crippen LogP contribution is 2.30. The summed E-state index contributed by atoms with van der Waals surface area (Å²) in [4.78, 5) is 7.82. The maximum Gasteiger partial charge on any atom is 0.416 e. The smallest absolute Gasteiger partial charge is 0.416 e. The lowest BCUT2D eigenvalue weighted by Crippen LogP contribution is -2.07. The maximum atomic E-state index is 12.5. The summed E-state index contributed by atoms with van der Waals surface area (Å²) in [5, 5.41) is 10.0. The predicted molar refractivity (Wildman–Crippen MR) is 68.7 cm³/mol. The van der Waals surface area contributed by atoms with Crippen molar-refractivity contribution in [3.05, 3.63) is 53.5 Å². The first-order chi connectivity index (χ1) is 9.90. The minimum atomic E-state index is -4.39. The largest absolute Gasteiger partial charge is 0.481 e. The highest BCUT2D eigenvalue weighted by atomic mass is 19.4. The Kier molecular flexibility index (Phi) is 4.42. The van der Waals surface area contributed by atoms with Crippen molar-refractivity contribution in [2.24, 2.45) is 0 Å². The van der Waals surface area contributed by atoms with E-state index in [0.29, 0.717) is 17.1 Å². The molecular weight excluding hydrogens is 285 g/mol. The predicted octanol–water partition coefficient (Wildman–Crippen LogP) is 2.78. The van der Waals surface area contributed by atoms with Gasteiger partial charge in [0.15, 0.2) is 0 Å². The average Bonchev–Trinajstić information content (AvgIpc) is 2.46. The van der Waals surface area contributed by atoms with Gasteiger partial charge in [0, 0.05) is 12.5 Å². The van der Waals surface area contributed by atoms with Gasteiger partial charge in [0.25, 0.3) is 0 Å². The van der Waals surface area contributed by atoms with E-state index < -0.39 is 17.8 Å². The van der Waals surface area contributed by atoms with Gasteiger partial charge >= 0.3 is 6.18 Å². The zero-order chi connectivity index (χ0) is 15.5. The van der Waals surface area contributed by atoms with Gasteiger partial charge in [-0.25, -0.2) is 9.97 Å². The Morgan fingerprint density at radius 2 is 1.86 bits per heavy atom. The molecule has 0 spiro atoms. The van der Waals surface area contributed by atoms with Crippen LogP contribution in [0, 0.1) is 0 Å². The zero-order valence-electron chi connectivity index (χ0n) is 11.1. The highest BCUT2D eigenvalue weighted by Gasteiger charge is 2.30. The number of rotatable bonds is 4. The van der Waals surface area contributed by atoms with Crippen LogP contribution in [0.1, 0.15) is 22.9 Å². The van der Waals surface area contributed by atoms with Crippen LogP contribution in [0.4, 0.5) is 13.2 Å². The molecule has 0 saturated heterocycles. The number of hydrogen-bond acceptors (Lipinski definition) is 4. The van der Waals surface area contributed by atoms with E-state index in [-0.39, 0.29) is 6.42 Å². The summed E-state index contributed by atoms with van der Waals surface area (Å²) < 4.78 is 42.3. The molecule has 4 nitrogen and oxygen atoms in total. The van der Waals surface area contributed by atoms with Gasteiger partial charge in [-0.3, -0.25) is 0 Å². The third-order valence-corrected chi connectivity index (χ3v) is 2.93. The Hall–Kier alpha value is -2.15. The second-order valence-corrected chi connectivity index (χ2v) is 4.39. The molecule has 2 rings (SSSR count). The topological polar surface area (TPSA) is 55.2 Å². The fourth-order valence-corrected chi connectivity index (χ4v) is 1.81. The molecule has 7 heteroatoms. The number of aliphatic hydroxyl groups is 1. The summed E-state index contributed by atoms with van der Waals surface area (Å²) in [6, 6.07) is 5.96. The SMILES string of the molecule is COc1cc(CC(O)c2ccc(C(F)(F)F)cc2)ncn1. The molecule has 1 heterocycles. The lowest BCUT2D eigenvalue weighted by Gasteiger charge is -2.12. The van der Waals surface area contributed by atoms with Gasteiger partial charge in [-0.1, -0.05) is 12.1 Å². The Labute approximate surface area is 119 Å². The van der Waals surface area contributed by atoms with Crippen molar-refractivity contribution in [3.8, 4) is 5.88 Å². The monoisotopic (exact) mass is 298 g/mol. The number of nitrogens with zero attached hydrogens (tertiary/aromatic N) is 2. The fourth-order valence-electron chi connectivity index (χ4n) is 1.81. The number of methoxy groups -OCH3 is 1. The lowest BCUT2D eigenvalue weighted by atomic mass is 10.0. The van der Waals surface area contributed by atoms with E-state index in [9.17, 15) is 18.3 Å². The Morgan fingerprint density at radius 1 is 1.19 bits per heavy atom. The fraction of sp³-hybridized carbons (Fsp3) is 0.286. The quantitative estimate of drug-likeness (QED) is 0.943. The van der Waals surface area contributed by atoms with Crippen LogP contribution in [0.3, 0.4) is 0 Å². The van der Waals surface area contributed by atoms with Crippen molar-refractivity contribution in [1.29, 1.82) is 0 Å². The first kappa shape index (κ1) is 15.2. The summed E-state index contributed by atoms with van der Waals surface area (Å²) in [5.74, 6) is 0.361. The minimum absolute atomic E-state index is 0.157. The van der Waals surface area contributed by atoms with Gasteiger partial charge in [0.05, 0.1) is 24.5 Å². The molecule has 112 valence electrons. The molecule has 0 saturated carbocycles. The molecule has 21 heavy (non-hydrogen) atoms. The van der Waals surface area contributed by atoms with Crippen LogP contribution in [0.25, 0.3) is 0 Å². The number of alkyl halides is 3. The molecule has 1 unspecified atom stereocenters. The number of aliphatic hydroxyl groups excluding tert-OH is 1. The van der Waals surface area contributed by atoms with Crippen LogP contribution >= 0.6 is 0 Å². The Bertz CT molecular complexity index is 600. The first-order valence-electron chi connectivity index (χ1n) is 6.10. The van der Waals surface area contributed by atoms with Gasteiger partial charge in [0.1, 0.15) is 6.33 Å². The van der Waals surface area contributed by atoms with Crippen molar-refractivity contribution in [3.63, 3.8) is 0 Å². The third kappa shape index (κ3) is 3.91. The van der Waals surface area contributed by atoms with E-state index in [1.165, 1.54) is 25.6 Å². The highest BCUT2D eigenvalue weighted by molar-refractivity contribution is 5.27. The summed E-state index contributed by atoms with van der Waals surface area (Å²) in [6.45, 7) is 0. The van der Waals surface area contributed by atoms with Gasteiger partial charge < -0.3 is 9.84 Å². The van der Waals surface area contributed by atoms with Crippen LogP contribution in [0.15, 0.2) is 36.7 Å². The van der Waals surface area contributed by atoms with Gasteiger partial charge in [-0.05, 0) is 17.7 Å². The van der Waals surface area contributed by atoms with Crippen LogP contribution < -0.4 is 4.74 Å². The number of aromatic nitrogens is 2. The van der Waals surface area contributed by atoms with Crippen LogP contribution in [0.2, 0.25) is 0 Å². The van der Waals surface area contributed by atoms with Crippen molar-refractivity contribution in [1.82, 2.24) is 9.97 Å². The van der Waals surface area contributed by atoms with Gasteiger partial charge in [0.2, 0.25) is 5.88 Å². The summed E-state index contributed by atoms with van der Waals surface area (Å²) in [6.07, 6.45) is -3.88. The van der Waals surface area contributed by atoms with Crippen molar-refractivity contribution in [2.45, 2.75) is 18.7 Å². The Balaban J connectivity index is 2.11. The average molecular weight is 298 g/mol. The zero-order valence-corrected chi connectivity index (χ0v) is 11.1. The van der Waals surface area contributed by atoms with E-state index in [0.717, 1.165) is 12.1 Å². The molecule has 0 aliphatic heterocycles.